The van der Waals surface area contributed by atoms with Crippen molar-refractivity contribution in [2.24, 2.45) is 0 Å². The van der Waals surface area contributed by atoms with E-state index in [0.29, 0.717) is 5.69 Å². The van der Waals surface area contributed by atoms with Gasteiger partial charge >= 0.3 is 5.97 Å². The molecule has 88 valence electrons. The van der Waals surface area contributed by atoms with Crippen molar-refractivity contribution in [1.82, 2.24) is 9.78 Å². The number of carboxylic acid groups (broad SMARTS) is 1. The number of anilines is 1. The summed E-state index contributed by atoms with van der Waals surface area (Å²) in [6.07, 6.45) is -0.244. The van der Waals surface area contributed by atoms with Gasteiger partial charge in [-0.3, -0.25) is 4.79 Å². The van der Waals surface area contributed by atoms with Gasteiger partial charge in [0.25, 0.3) is 0 Å². The number of rotatable bonds is 3. The molecule has 0 fully saturated rings. The highest BCUT2D eigenvalue weighted by Crippen LogP contribution is 2.17. The summed E-state index contributed by atoms with van der Waals surface area (Å²) in [6.45, 7) is 0. The van der Waals surface area contributed by atoms with E-state index in [9.17, 15) is 9.18 Å². The number of nitrogen functional groups attached to an aromatic ring is 1. The van der Waals surface area contributed by atoms with Gasteiger partial charge < -0.3 is 10.8 Å². The van der Waals surface area contributed by atoms with Crippen molar-refractivity contribution in [3.63, 3.8) is 0 Å². The topological polar surface area (TPSA) is 81.1 Å². The Morgan fingerprint density at radius 3 is 2.82 bits per heavy atom. The Balaban J connectivity index is 2.43. The number of halogens is 1. The second kappa shape index (κ2) is 4.25. The molecule has 1 aromatic heterocycles. The van der Waals surface area contributed by atoms with E-state index in [1.54, 1.807) is 12.1 Å². The number of nitrogens with zero attached hydrogens (tertiary/aromatic N) is 2. The van der Waals surface area contributed by atoms with Crippen molar-refractivity contribution in [3.8, 4) is 5.69 Å². The molecule has 0 aliphatic heterocycles. The van der Waals surface area contributed by atoms with Crippen LogP contribution < -0.4 is 5.73 Å². The maximum Gasteiger partial charge on any atom is 0.309 e. The van der Waals surface area contributed by atoms with E-state index in [2.05, 4.69) is 5.10 Å². The number of carboxylic acids is 1. The third kappa shape index (κ3) is 2.25. The normalized spacial score (nSPS) is 10.4. The van der Waals surface area contributed by atoms with E-state index in [-0.39, 0.29) is 17.9 Å². The predicted molar refractivity (Wildman–Crippen MR) is 59.3 cm³/mol. The largest absolute Gasteiger partial charge is 0.481 e. The minimum atomic E-state index is -1.01. The van der Waals surface area contributed by atoms with Crippen molar-refractivity contribution >= 4 is 11.8 Å². The summed E-state index contributed by atoms with van der Waals surface area (Å²) in [6, 6.07) is 7.42. The highest BCUT2D eigenvalue weighted by molar-refractivity contribution is 5.70. The van der Waals surface area contributed by atoms with Crippen LogP contribution in [0.4, 0.5) is 10.2 Å². The fourth-order valence-corrected chi connectivity index (χ4v) is 1.50. The number of nitrogens with two attached hydrogens (primary N) is 1. The standard InChI is InChI=1S/C11H10FN3O2/c12-8-3-1-2-4-9(8)15-10(13)5-7(14-15)6-11(16)17/h1-5H,6,13H2,(H,16,17). The van der Waals surface area contributed by atoms with Crippen molar-refractivity contribution < 1.29 is 14.3 Å². The van der Waals surface area contributed by atoms with E-state index in [1.807, 2.05) is 0 Å². The van der Waals surface area contributed by atoms with Crippen molar-refractivity contribution in [2.75, 3.05) is 5.73 Å². The zero-order valence-electron chi connectivity index (χ0n) is 8.80. The number of carbonyl (C=O) groups is 1. The molecule has 0 unspecified atom stereocenters. The van der Waals surface area contributed by atoms with Gasteiger partial charge in [-0.25, -0.2) is 9.07 Å². The highest BCUT2D eigenvalue weighted by atomic mass is 19.1. The third-order valence-electron chi connectivity index (χ3n) is 2.20. The summed E-state index contributed by atoms with van der Waals surface area (Å²) in [4.78, 5) is 10.5. The Kier molecular flexibility index (Phi) is 2.78. The lowest BCUT2D eigenvalue weighted by atomic mass is 10.3. The lowest BCUT2D eigenvalue weighted by Crippen LogP contribution is -2.05. The second-order valence-electron chi connectivity index (χ2n) is 3.49. The minimum absolute atomic E-state index is 0.196. The van der Waals surface area contributed by atoms with Crippen LogP contribution in [-0.2, 0) is 11.2 Å². The Labute approximate surface area is 96.3 Å². The molecule has 0 atom stereocenters. The molecule has 0 aliphatic rings. The van der Waals surface area contributed by atoms with Crippen molar-refractivity contribution in [3.05, 3.63) is 41.8 Å². The molecule has 2 aromatic rings. The van der Waals surface area contributed by atoms with Gasteiger partial charge in [-0.05, 0) is 12.1 Å². The molecule has 0 aliphatic carbocycles. The molecule has 0 radical (unpaired) electrons. The first kappa shape index (κ1) is 11.1. The average Bonchev–Trinajstić information content (AvgIpc) is 2.59. The summed E-state index contributed by atoms with van der Waals surface area (Å²) in [5.41, 5.74) is 6.14. The van der Waals surface area contributed by atoms with E-state index >= 15 is 0 Å². The summed E-state index contributed by atoms with van der Waals surface area (Å²) < 4.78 is 14.7. The summed E-state index contributed by atoms with van der Waals surface area (Å²) in [7, 11) is 0. The Morgan fingerprint density at radius 1 is 1.47 bits per heavy atom. The van der Waals surface area contributed by atoms with Crippen LogP contribution in [0.2, 0.25) is 0 Å². The Morgan fingerprint density at radius 2 is 2.18 bits per heavy atom. The SMILES string of the molecule is Nc1cc(CC(=O)O)nn1-c1ccccc1F. The number of hydrogen-bond donors (Lipinski definition) is 2. The molecule has 5 nitrogen and oxygen atoms in total. The molecule has 2 rings (SSSR count). The summed E-state index contributed by atoms with van der Waals surface area (Å²) >= 11 is 0. The van der Waals surface area contributed by atoms with Crippen LogP contribution in [0.3, 0.4) is 0 Å². The average molecular weight is 235 g/mol. The quantitative estimate of drug-likeness (QED) is 0.838. The van der Waals surface area contributed by atoms with Crippen LogP contribution in [0.5, 0.6) is 0 Å². The molecule has 0 bridgehead atoms. The van der Waals surface area contributed by atoms with Gasteiger partial charge in [0.15, 0.2) is 0 Å². The molecule has 0 amide bonds. The van der Waals surface area contributed by atoms with E-state index in [1.165, 1.54) is 22.9 Å². The number of hydrogen-bond acceptors (Lipinski definition) is 3. The number of aliphatic carboxylic acids is 1. The summed E-state index contributed by atoms with van der Waals surface area (Å²) in [5, 5.41) is 12.6. The predicted octanol–water partition coefficient (Wildman–Crippen LogP) is 1.22. The third-order valence-corrected chi connectivity index (χ3v) is 2.20. The van der Waals surface area contributed by atoms with Crippen molar-refractivity contribution in [1.29, 1.82) is 0 Å². The molecule has 0 saturated heterocycles. The molecule has 0 saturated carbocycles. The lowest BCUT2D eigenvalue weighted by Gasteiger charge is -2.04. The van der Waals surface area contributed by atoms with E-state index in [4.69, 9.17) is 10.8 Å². The van der Waals surface area contributed by atoms with Gasteiger partial charge in [-0.15, -0.1) is 0 Å². The number of aromatic nitrogens is 2. The van der Waals surface area contributed by atoms with Gasteiger partial charge in [0.05, 0.1) is 12.1 Å². The molecule has 0 spiro atoms. The first-order valence-corrected chi connectivity index (χ1v) is 4.89. The fraction of sp³-hybridized carbons (Fsp3) is 0.0909. The second-order valence-corrected chi connectivity index (χ2v) is 3.49. The van der Waals surface area contributed by atoms with Gasteiger partial charge in [-0.1, -0.05) is 12.1 Å². The van der Waals surface area contributed by atoms with Crippen LogP contribution in [0.1, 0.15) is 5.69 Å². The molecule has 17 heavy (non-hydrogen) atoms. The molecular weight excluding hydrogens is 225 g/mol. The van der Waals surface area contributed by atoms with Gasteiger partial charge in [-0.2, -0.15) is 5.10 Å². The minimum Gasteiger partial charge on any atom is -0.481 e. The van der Waals surface area contributed by atoms with Crippen LogP contribution in [0, 0.1) is 5.82 Å². The number of benzene rings is 1. The molecular formula is C11H10FN3O2. The van der Waals surface area contributed by atoms with Gasteiger partial charge in [0.2, 0.25) is 0 Å². The smallest absolute Gasteiger partial charge is 0.309 e. The molecule has 6 heteroatoms. The monoisotopic (exact) mass is 235 g/mol. The summed E-state index contributed by atoms with van der Waals surface area (Å²) in [5.74, 6) is -1.28. The van der Waals surface area contributed by atoms with E-state index in [0.717, 1.165) is 0 Å². The maximum absolute atomic E-state index is 13.5. The molecule has 1 aromatic carbocycles. The first-order chi connectivity index (χ1) is 8.08. The van der Waals surface area contributed by atoms with E-state index < -0.39 is 11.8 Å². The lowest BCUT2D eigenvalue weighted by molar-refractivity contribution is -0.136. The van der Waals surface area contributed by atoms with Crippen molar-refractivity contribution in [2.45, 2.75) is 6.42 Å². The van der Waals surface area contributed by atoms with Crippen LogP contribution in [0.15, 0.2) is 30.3 Å². The highest BCUT2D eigenvalue weighted by Gasteiger charge is 2.12. The number of para-hydroxylation sites is 1. The van der Waals surface area contributed by atoms with Crippen LogP contribution in [-0.4, -0.2) is 20.9 Å². The van der Waals surface area contributed by atoms with Crippen LogP contribution >= 0.6 is 0 Å². The van der Waals surface area contributed by atoms with Gasteiger partial charge in [0.1, 0.15) is 17.3 Å². The Bertz CT molecular complexity index is 566. The first-order valence-electron chi connectivity index (χ1n) is 4.89. The fourth-order valence-electron chi connectivity index (χ4n) is 1.50. The zero-order chi connectivity index (χ0) is 12.4. The van der Waals surface area contributed by atoms with Crippen LogP contribution in [0.25, 0.3) is 5.69 Å². The zero-order valence-corrected chi connectivity index (χ0v) is 8.80. The maximum atomic E-state index is 13.5. The molecule has 3 N–H and O–H groups in total. The molecule has 1 heterocycles. The Hall–Kier alpha value is -2.37. The van der Waals surface area contributed by atoms with Gasteiger partial charge in [0, 0.05) is 6.07 Å².